The molecule has 0 amide bonds. The lowest BCUT2D eigenvalue weighted by Gasteiger charge is -2.15. The van der Waals surface area contributed by atoms with Crippen LogP contribution in [0, 0.1) is 3.57 Å². The lowest BCUT2D eigenvalue weighted by Crippen LogP contribution is -2.14. The smallest absolute Gasteiger partial charge is 0.0811 e. The molecule has 1 heterocycles. The van der Waals surface area contributed by atoms with Crippen LogP contribution in [0.5, 0.6) is 0 Å². The molecule has 0 spiro atoms. The maximum Gasteiger partial charge on any atom is 0.0811 e. The van der Waals surface area contributed by atoms with Crippen LogP contribution in [-0.4, -0.2) is 9.78 Å². The molecule has 12 heavy (non-hydrogen) atoms. The third kappa shape index (κ3) is 2.00. The molecule has 0 saturated carbocycles. The van der Waals surface area contributed by atoms with Gasteiger partial charge in [-0.05, 0) is 29.5 Å². The van der Waals surface area contributed by atoms with Gasteiger partial charge in [-0.3, -0.25) is 4.68 Å². The molecule has 2 nitrogen and oxygen atoms in total. The first-order valence-corrected chi connectivity index (χ1v) is 5.26. The second kappa shape index (κ2) is 3.36. The summed E-state index contributed by atoms with van der Waals surface area (Å²) in [5, 5.41) is 4.51. The number of aromatic nitrogens is 2. The quantitative estimate of drug-likeness (QED) is 0.722. The molecule has 0 aromatic carbocycles. The summed E-state index contributed by atoms with van der Waals surface area (Å²) >= 11 is 2.35. The highest BCUT2D eigenvalue weighted by atomic mass is 127. The van der Waals surface area contributed by atoms with Crippen LogP contribution in [0.4, 0.5) is 0 Å². The standard InChI is InChI=1S/C9H15IN2/c1-5-12-6-7(10)8(11-12)9(2,3)4/h6H,5H2,1-4H3. The molecule has 68 valence electrons. The van der Waals surface area contributed by atoms with E-state index in [2.05, 4.69) is 61.6 Å². The predicted molar refractivity (Wildman–Crippen MR) is 59.3 cm³/mol. The summed E-state index contributed by atoms with van der Waals surface area (Å²) in [5.74, 6) is 0. The highest BCUT2D eigenvalue weighted by molar-refractivity contribution is 14.1. The Kier molecular flexibility index (Phi) is 2.81. The molecule has 0 bridgehead atoms. The molecule has 3 heteroatoms. The second-order valence-corrected chi connectivity index (χ2v) is 5.09. The van der Waals surface area contributed by atoms with Gasteiger partial charge in [0.05, 0.1) is 9.26 Å². The summed E-state index contributed by atoms with van der Waals surface area (Å²) in [4.78, 5) is 0. The van der Waals surface area contributed by atoms with Crippen LogP contribution in [-0.2, 0) is 12.0 Å². The third-order valence-corrected chi connectivity index (χ3v) is 2.54. The zero-order valence-corrected chi connectivity index (χ0v) is 10.2. The Morgan fingerprint density at radius 3 is 2.33 bits per heavy atom. The fourth-order valence-electron chi connectivity index (χ4n) is 1.07. The van der Waals surface area contributed by atoms with Crippen molar-refractivity contribution in [3.05, 3.63) is 15.5 Å². The average Bonchev–Trinajstić information content (AvgIpc) is 2.29. The number of halogens is 1. The van der Waals surface area contributed by atoms with Crippen LogP contribution in [0.1, 0.15) is 33.4 Å². The van der Waals surface area contributed by atoms with Crippen molar-refractivity contribution in [2.75, 3.05) is 0 Å². The maximum atomic E-state index is 4.51. The Bertz CT molecular complexity index is 271. The van der Waals surface area contributed by atoms with Crippen LogP contribution < -0.4 is 0 Å². The van der Waals surface area contributed by atoms with Gasteiger partial charge in [-0.15, -0.1) is 0 Å². The molecule has 0 aliphatic carbocycles. The monoisotopic (exact) mass is 278 g/mol. The topological polar surface area (TPSA) is 17.8 Å². The Morgan fingerprint density at radius 2 is 2.08 bits per heavy atom. The fraction of sp³-hybridized carbons (Fsp3) is 0.667. The molecule has 0 aliphatic heterocycles. The van der Waals surface area contributed by atoms with Crippen molar-refractivity contribution < 1.29 is 0 Å². The molecule has 0 N–H and O–H groups in total. The predicted octanol–water partition coefficient (Wildman–Crippen LogP) is 2.81. The molecule has 0 fully saturated rings. The molecule has 0 saturated heterocycles. The molecular formula is C9H15IN2. The average molecular weight is 278 g/mol. The van der Waals surface area contributed by atoms with Crippen molar-refractivity contribution in [3.63, 3.8) is 0 Å². The summed E-state index contributed by atoms with van der Waals surface area (Å²) in [6.45, 7) is 9.63. The summed E-state index contributed by atoms with van der Waals surface area (Å²) in [5.41, 5.74) is 1.36. The second-order valence-electron chi connectivity index (χ2n) is 3.93. The van der Waals surface area contributed by atoms with Gasteiger partial charge < -0.3 is 0 Å². The summed E-state index contributed by atoms with van der Waals surface area (Å²) in [6.07, 6.45) is 2.10. The van der Waals surface area contributed by atoms with Gasteiger partial charge >= 0.3 is 0 Å². The Hall–Kier alpha value is -0.0600. The highest BCUT2D eigenvalue weighted by Gasteiger charge is 2.20. The van der Waals surface area contributed by atoms with Gasteiger partial charge in [-0.25, -0.2) is 0 Å². The van der Waals surface area contributed by atoms with Crippen LogP contribution >= 0.6 is 22.6 Å². The SMILES string of the molecule is CCn1cc(I)c(C(C)(C)C)n1. The van der Waals surface area contributed by atoms with Crippen molar-refractivity contribution in [2.24, 2.45) is 0 Å². The van der Waals surface area contributed by atoms with E-state index < -0.39 is 0 Å². The first-order chi connectivity index (χ1) is 5.45. The lowest BCUT2D eigenvalue weighted by atomic mass is 9.93. The number of aryl methyl sites for hydroxylation is 1. The minimum absolute atomic E-state index is 0.164. The van der Waals surface area contributed by atoms with E-state index in [1.807, 2.05) is 4.68 Å². The van der Waals surface area contributed by atoms with Crippen molar-refractivity contribution in [1.82, 2.24) is 9.78 Å². The number of hydrogen-bond donors (Lipinski definition) is 0. The van der Waals surface area contributed by atoms with E-state index in [0.29, 0.717) is 0 Å². The Morgan fingerprint density at radius 1 is 1.50 bits per heavy atom. The molecule has 1 aromatic heterocycles. The molecular weight excluding hydrogens is 263 g/mol. The van der Waals surface area contributed by atoms with E-state index in [9.17, 15) is 0 Å². The largest absolute Gasteiger partial charge is 0.272 e. The summed E-state index contributed by atoms with van der Waals surface area (Å²) in [7, 11) is 0. The van der Waals surface area contributed by atoms with E-state index in [-0.39, 0.29) is 5.41 Å². The maximum absolute atomic E-state index is 4.51. The van der Waals surface area contributed by atoms with Crippen LogP contribution in [0.15, 0.2) is 6.20 Å². The third-order valence-electron chi connectivity index (χ3n) is 1.75. The van der Waals surface area contributed by atoms with Gasteiger partial charge in [0.1, 0.15) is 0 Å². The van der Waals surface area contributed by atoms with Gasteiger partial charge in [0.15, 0.2) is 0 Å². The molecule has 0 unspecified atom stereocenters. The van der Waals surface area contributed by atoms with Crippen molar-refractivity contribution in [1.29, 1.82) is 0 Å². The summed E-state index contributed by atoms with van der Waals surface area (Å²) in [6, 6.07) is 0. The van der Waals surface area contributed by atoms with Crippen LogP contribution in [0.2, 0.25) is 0 Å². The minimum atomic E-state index is 0.164. The van der Waals surface area contributed by atoms with Crippen LogP contribution in [0.25, 0.3) is 0 Å². The van der Waals surface area contributed by atoms with E-state index >= 15 is 0 Å². The first-order valence-electron chi connectivity index (χ1n) is 4.18. The van der Waals surface area contributed by atoms with Gasteiger partial charge in [0.2, 0.25) is 0 Å². The van der Waals surface area contributed by atoms with Crippen molar-refractivity contribution in [3.8, 4) is 0 Å². The fourth-order valence-corrected chi connectivity index (χ4v) is 2.31. The molecule has 0 atom stereocenters. The number of hydrogen-bond acceptors (Lipinski definition) is 1. The van der Waals surface area contributed by atoms with E-state index in [1.54, 1.807) is 0 Å². The van der Waals surface area contributed by atoms with Gasteiger partial charge in [0.25, 0.3) is 0 Å². The highest BCUT2D eigenvalue weighted by Crippen LogP contribution is 2.25. The molecule has 1 aromatic rings. The van der Waals surface area contributed by atoms with Gasteiger partial charge in [0, 0.05) is 18.2 Å². The number of rotatable bonds is 1. The Labute approximate surface area is 87.5 Å². The van der Waals surface area contributed by atoms with E-state index in [1.165, 1.54) is 9.26 Å². The zero-order chi connectivity index (χ0) is 9.35. The first kappa shape index (κ1) is 10.0. The number of nitrogens with zero attached hydrogens (tertiary/aromatic N) is 2. The van der Waals surface area contributed by atoms with Crippen LogP contribution in [0.3, 0.4) is 0 Å². The normalized spacial score (nSPS) is 12.1. The van der Waals surface area contributed by atoms with Gasteiger partial charge in [-0.2, -0.15) is 5.10 Å². The lowest BCUT2D eigenvalue weighted by molar-refractivity contribution is 0.539. The Balaban J connectivity index is 3.08. The summed E-state index contributed by atoms with van der Waals surface area (Å²) < 4.78 is 3.25. The minimum Gasteiger partial charge on any atom is -0.272 e. The van der Waals surface area contributed by atoms with Crippen molar-refractivity contribution >= 4 is 22.6 Å². The van der Waals surface area contributed by atoms with E-state index in [0.717, 1.165) is 6.54 Å². The molecule has 0 radical (unpaired) electrons. The van der Waals surface area contributed by atoms with Gasteiger partial charge in [-0.1, -0.05) is 20.8 Å². The van der Waals surface area contributed by atoms with Crippen molar-refractivity contribution in [2.45, 2.75) is 39.7 Å². The van der Waals surface area contributed by atoms with E-state index in [4.69, 9.17) is 0 Å². The molecule has 0 aliphatic rings. The molecule has 1 rings (SSSR count). The zero-order valence-electron chi connectivity index (χ0n) is 8.06.